The summed E-state index contributed by atoms with van der Waals surface area (Å²) in [5.41, 5.74) is 4.89. The van der Waals surface area contributed by atoms with Crippen LogP contribution < -0.4 is 6.15 Å². The van der Waals surface area contributed by atoms with Crippen molar-refractivity contribution in [2.24, 2.45) is 0 Å². The molecule has 1 heterocycles. The molecule has 0 spiro atoms. The fourth-order valence-electron chi connectivity index (χ4n) is 1.63. The van der Waals surface area contributed by atoms with Crippen molar-refractivity contribution in [1.82, 2.24) is 11.1 Å². The summed E-state index contributed by atoms with van der Waals surface area (Å²) in [6.45, 7) is 6.35. The van der Waals surface area contributed by atoms with E-state index in [9.17, 15) is 0 Å². The number of hydrogen-bond donors (Lipinski definition) is 1. The van der Waals surface area contributed by atoms with Crippen LogP contribution in [0.3, 0.4) is 0 Å². The molecule has 2 nitrogen and oxygen atoms in total. The molecule has 1 aromatic heterocycles. The molecular weight excluding hydrogens is 172 g/mol. The Labute approximate surface area is 84.6 Å². The van der Waals surface area contributed by atoms with Crippen LogP contribution in [0.4, 0.5) is 0 Å². The van der Waals surface area contributed by atoms with E-state index in [-0.39, 0.29) is 6.15 Å². The van der Waals surface area contributed by atoms with Gasteiger partial charge in [0, 0.05) is 11.1 Å². The second-order valence-corrected chi connectivity index (χ2v) is 3.46. The normalized spacial score (nSPS) is 9.93. The largest absolute Gasteiger partial charge is 0.344 e. The Morgan fingerprint density at radius 2 is 1.57 bits per heavy atom. The molecule has 0 saturated heterocycles. The van der Waals surface area contributed by atoms with E-state index in [0.29, 0.717) is 0 Å². The first-order chi connectivity index (χ1) is 6.20. The first-order valence-corrected chi connectivity index (χ1v) is 4.52. The average molecular weight is 188 g/mol. The van der Waals surface area contributed by atoms with Crippen molar-refractivity contribution in [1.29, 1.82) is 0 Å². The van der Waals surface area contributed by atoms with Crippen LogP contribution in [0.2, 0.25) is 0 Å². The number of pyridine rings is 1. The minimum Gasteiger partial charge on any atom is -0.344 e. The van der Waals surface area contributed by atoms with E-state index < -0.39 is 0 Å². The van der Waals surface area contributed by atoms with Crippen molar-refractivity contribution in [3.8, 4) is 0 Å². The van der Waals surface area contributed by atoms with Gasteiger partial charge >= 0.3 is 0 Å². The quantitative estimate of drug-likeness (QED) is 0.689. The minimum atomic E-state index is 0. The molecule has 0 atom stereocenters. The van der Waals surface area contributed by atoms with Crippen molar-refractivity contribution >= 4 is 10.9 Å². The molecule has 3 N–H and O–H groups in total. The van der Waals surface area contributed by atoms with Gasteiger partial charge in [0.25, 0.3) is 0 Å². The molecule has 14 heavy (non-hydrogen) atoms. The third-order valence-corrected chi connectivity index (χ3v) is 2.70. The van der Waals surface area contributed by atoms with Crippen LogP contribution in [-0.4, -0.2) is 4.98 Å². The van der Waals surface area contributed by atoms with Gasteiger partial charge in [-0.1, -0.05) is 18.2 Å². The van der Waals surface area contributed by atoms with Gasteiger partial charge in [0.15, 0.2) is 0 Å². The molecule has 74 valence electrons. The fraction of sp³-hybridized carbons (Fsp3) is 0.250. The lowest BCUT2D eigenvalue weighted by molar-refractivity contribution is 1.17. The van der Waals surface area contributed by atoms with Gasteiger partial charge in [0.2, 0.25) is 0 Å². The number of para-hydroxylation sites is 1. The molecule has 0 saturated carbocycles. The van der Waals surface area contributed by atoms with E-state index >= 15 is 0 Å². The Hall–Kier alpha value is -1.41. The van der Waals surface area contributed by atoms with Crippen LogP contribution in [0.1, 0.15) is 16.8 Å². The second kappa shape index (κ2) is 3.76. The predicted octanol–water partition coefficient (Wildman–Crippen LogP) is 3.32. The number of fused-ring (bicyclic) bond motifs is 1. The van der Waals surface area contributed by atoms with Gasteiger partial charge in [0.05, 0.1) is 5.52 Å². The van der Waals surface area contributed by atoms with E-state index in [4.69, 9.17) is 0 Å². The lowest BCUT2D eigenvalue weighted by Gasteiger charge is -2.07. The lowest BCUT2D eigenvalue weighted by Crippen LogP contribution is -1.92. The number of aromatic nitrogens is 1. The summed E-state index contributed by atoms with van der Waals surface area (Å²) >= 11 is 0. The zero-order chi connectivity index (χ0) is 9.42. The van der Waals surface area contributed by atoms with Crippen LogP contribution >= 0.6 is 0 Å². The highest BCUT2D eigenvalue weighted by molar-refractivity contribution is 5.83. The van der Waals surface area contributed by atoms with Crippen molar-refractivity contribution in [3.05, 3.63) is 41.1 Å². The van der Waals surface area contributed by atoms with E-state index in [1.807, 2.05) is 6.07 Å². The summed E-state index contributed by atoms with van der Waals surface area (Å²) < 4.78 is 0. The smallest absolute Gasteiger partial charge is 0.0708 e. The van der Waals surface area contributed by atoms with Crippen LogP contribution in [0, 0.1) is 20.8 Å². The molecule has 2 aromatic rings. The first kappa shape index (κ1) is 10.7. The standard InChI is InChI=1S/C12H13N.H3N/c1-8-9(2)11-6-4-5-7-12(11)13-10(8)3;/h4-7H,1-3H3;1H3. The second-order valence-electron chi connectivity index (χ2n) is 3.46. The number of benzene rings is 1. The monoisotopic (exact) mass is 188 g/mol. The molecule has 0 aliphatic carbocycles. The summed E-state index contributed by atoms with van der Waals surface area (Å²) in [7, 11) is 0. The molecule has 0 unspecified atom stereocenters. The molecule has 1 aromatic carbocycles. The van der Waals surface area contributed by atoms with Gasteiger partial charge in [-0.15, -0.1) is 0 Å². The molecule has 0 radical (unpaired) electrons. The van der Waals surface area contributed by atoms with Crippen LogP contribution in [0.25, 0.3) is 10.9 Å². The molecule has 2 rings (SSSR count). The Bertz CT molecular complexity index is 461. The van der Waals surface area contributed by atoms with Gasteiger partial charge < -0.3 is 6.15 Å². The molecule has 0 aliphatic heterocycles. The topological polar surface area (TPSA) is 47.9 Å². The number of aryl methyl sites for hydroxylation is 2. The summed E-state index contributed by atoms with van der Waals surface area (Å²) in [4.78, 5) is 4.54. The van der Waals surface area contributed by atoms with Crippen LogP contribution in [0.5, 0.6) is 0 Å². The van der Waals surface area contributed by atoms with Gasteiger partial charge in [-0.25, -0.2) is 0 Å². The van der Waals surface area contributed by atoms with Crippen molar-refractivity contribution in [2.45, 2.75) is 20.8 Å². The number of hydrogen-bond acceptors (Lipinski definition) is 2. The summed E-state index contributed by atoms with van der Waals surface area (Å²) in [5, 5.41) is 1.27. The third-order valence-electron chi connectivity index (χ3n) is 2.70. The van der Waals surface area contributed by atoms with E-state index in [1.165, 1.54) is 16.5 Å². The predicted molar refractivity (Wildman–Crippen MR) is 61.0 cm³/mol. The van der Waals surface area contributed by atoms with E-state index in [1.54, 1.807) is 0 Å². The highest BCUT2D eigenvalue weighted by Gasteiger charge is 2.03. The Morgan fingerprint density at radius 1 is 0.929 bits per heavy atom. The minimum absolute atomic E-state index is 0. The van der Waals surface area contributed by atoms with Crippen molar-refractivity contribution < 1.29 is 0 Å². The lowest BCUT2D eigenvalue weighted by atomic mass is 10.0. The zero-order valence-electron chi connectivity index (χ0n) is 8.96. The Balaban J connectivity index is 0.000000980. The van der Waals surface area contributed by atoms with Gasteiger partial charge in [-0.2, -0.15) is 0 Å². The highest BCUT2D eigenvalue weighted by atomic mass is 14.7. The average Bonchev–Trinajstić information content (AvgIpc) is 2.15. The Morgan fingerprint density at radius 3 is 2.29 bits per heavy atom. The highest BCUT2D eigenvalue weighted by Crippen LogP contribution is 2.20. The van der Waals surface area contributed by atoms with Crippen LogP contribution in [-0.2, 0) is 0 Å². The summed E-state index contributed by atoms with van der Waals surface area (Å²) in [6.07, 6.45) is 0. The van der Waals surface area contributed by atoms with E-state index in [0.717, 1.165) is 11.2 Å². The number of rotatable bonds is 0. The summed E-state index contributed by atoms with van der Waals surface area (Å²) in [6, 6.07) is 8.29. The maximum atomic E-state index is 4.54. The van der Waals surface area contributed by atoms with Crippen LogP contribution in [0.15, 0.2) is 24.3 Å². The third kappa shape index (κ3) is 1.49. The van der Waals surface area contributed by atoms with Gasteiger partial charge in [0.1, 0.15) is 0 Å². The van der Waals surface area contributed by atoms with Crippen molar-refractivity contribution in [3.63, 3.8) is 0 Å². The zero-order valence-corrected chi connectivity index (χ0v) is 8.96. The number of nitrogens with zero attached hydrogens (tertiary/aromatic N) is 1. The molecule has 0 fully saturated rings. The Kier molecular flexibility index (Phi) is 2.87. The molecule has 0 amide bonds. The maximum absolute atomic E-state index is 4.54. The maximum Gasteiger partial charge on any atom is 0.0708 e. The van der Waals surface area contributed by atoms with Gasteiger partial charge in [-0.05, 0) is 38.0 Å². The van der Waals surface area contributed by atoms with Crippen molar-refractivity contribution in [2.75, 3.05) is 0 Å². The molecule has 0 aliphatic rings. The molecular formula is C12H16N2. The van der Waals surface area contributed by atoms with Gasteiger partial charge in [-0.3, -0.25) is 4.98 Å². The van der Waals surface area contributed by atoms with E-state index in [2.05, 4.69) is 44.0 Å². The summed E-state index contributed by atoms with van der Waals surface area (Å²) in [5.74, 6) is 0. The first-order valence-electron chi connectivity index (χ1n) is 4.52. The SMILES string of the molecule is Cc1nc2ccccc2c(C)c1C.N. The fourth-order valence-corrected chi connectivity index (χ4v) is 1.63. The molecule has 0 bridgehead atoms. The molecule has 2 heteroatoms.